The summed E-state index contributed by atoms with van der Waals surface area (Å²) in [5.41, 5.74) is 6.31. The molecule has 1 aliphatic heterocycles. The van der Waals surface area contributed by atoms with Gasteiger partial charge in [-0.1, -0.05) is 0 Å². The molecule has 1 aliphatic rings. The lowest BCUT2D eigenvalue weighted by molar-refractivity contribution is -0.123. The fourth-order valence-corrected chi connectivity index (χ4v) is 1.88. The van der Waals surface area contributed by atoms with Crippen LogP contribution in [0.3, 0.4) is 0 Å². The van der Waals surface area contributed by atoms with Gasteiger partial charge in [-0.15, -0.1) is 0 Å². The summed E-state index contributed by atoms with van der Waals surface area (Å²) < 4.78 is 4.59. The number of ether oxygens (including phenoxy) is 1. The van der Waals surface area contributed by atoms with Crippen LogP contribution in [0.5, 0.6) is 0 Å². The number of anilines is 2. The van der Waals surface area contributed by atoms with Crippen LogP contribution in [0.4, 0.5) is 11.5 Å². The van der Waals surface area contributed by atoms with Gasteiger partial charge in [0, 0.05) is 6.54 Å². The molecule has 1 fully saturated rings. The van der Waals surface area contributed by atoms with Crippen molar-refractivity contribution in [3.63, 3.8) is 0 Å². The second-order valence-corrected chi connectivity index (χ2v) is 4.26. The minimum atomic E-state index is -0.545. The second-order valence-electron chi connectivity index (χ2n) is 4.26. The van der Waals surface area contributed by atoms with Crippen molar-refractivity contribution >= 4 is 23.4 Å². The molecular formula is C12H16N4O3. The minimum absolute atomic E-state index is 0.0871. The Bertz CT molecular complexity index is 504. The largest absolute Gasteiger partial charge is 0.464 e. The van der Waals surface area contributed by atoms with E-state index in [2.05, 4.69) is 20.4 Å². The van der Waals surface area contributed by atoms with Crippen molar-refractivity contribution in [2.75, 3.05) is 24.7 Å². The number of nitrogens with two attached hydrogens (primary N) is 1. The van der Waals surface area contributed by atoms with Crippen LogP contribution in [0.2, 0.25) is 0 Å². The highest BCUT2D eigenvalue weighted by atomic mass is 16.5. The Morgan fingerprint density at radius 1 is 1.58 bits per heavy atom. The van der Waals surface area contributed by atoms with E-state index in [0.29, 0.717) is 24.5 Å². The summed E-state index contributed by atoms with van der Waals surface area (Å²) in [6.45, 7) is 0.683. The molecule has 0 saturated carbocycles. The molecule has 19 heavy (non-hydrogen) atoms. The number of pyridine rings is 1. The summed E-state index contributed by atoms with van der Waals surface area (Å²) in [6.07, 6.45) is 1.59. The molecule has 0 aromatic carbocycles. The standard InChI is InChI=1S/C12H16N4O3/c1-19-12(18)9-5-4-7(13)10(16-9)15-8-3-2-6-14-11(8)17/h4-5,8H,2-3,6,13H2,1H3,(H,14,17)(H,15,16). The Kier molecular flexibility index (Phi) is 3.84. The summed E-state index contributed by atoms with van der Waals surface area (Å²) >= 11 is 0. The minimum Gasteiger partial charge on any atom is -0.464 e. The van der Waals surface area contributed by atoms with Gasteiger partial charge in [0.15, 0.2) is 11.5 Å². The number of nitrogens with zero attached hydrogens (tertiary/aromatic N) is 1. The first-order valence-electron chi connectivity index (χ1n) is 6.01. The number of amides is 1. The van der Waals surface area contributed by atoms with Gasteiger partial charge in [0.2, 0.25) is 5.91 Å². The first-order chi connectivity index (χ1) is 9.11. The lowest BCUT2D eigenvalue weighted by Crippen LogP contribution is -2.44. The molecule has 4 N–H and O–H groups in total. The zero-order chi connectivity index (χ0) is 13.8. The van der Waals surface area contributed by atoms with Gasteiger partial charge >= 0.3 is 5.97 Å². The van der Waals surface area contributed by atoms with Crippen molar-refractivity contribution < 1.29 is 14.3 Å². The molecular weight excluding hydrogens is 248 g/mol. The number of esters is 1. The molecule has 102 valence electrons. The quantitative estimate of drug-likeness (QED) is 0.670. The molecule has 1 amide bonds. The maximum atomic E-state index is 11.7. The smallest absolute Gasteiger partial charge is 0.356 e. The number of hydrogen-bond acceptors (Lipinski definition) is 6. The predicted molar refractivity (Wildman–Crippen MR) is 69.6 cm³/mol. The molecule has 0 radical (unpaired) electrons. The van der Waals surface area contributed by atoms with Crippen molar-refractivity contribution in [2.45, 2.75) is 18.9 Å². The fourth-order valence-electron chi connectivity index (χ4n) is 1.88. The van der Waals surface area contributed by atoms with Gasteiger partial charge in [0.1, 0.15) is 6.04 Å². The lowest BCUT2D eigenvalue weighted by atomic mass is 10.1. The lowest BCUT2D eigenvalue weighted by Gasteiger charge is -2.23. The van der Waals surface area contributed by atoms with Crippen LogP contribution in [0.25, 0.3) is 0 Å². The number of nitrogens with one attached hydrogen (secondary N) is 2. The summed E-state index contributed by atoms with van der Waals surface area (Å²) in [5.74, 6) is -0.308. The highest BCUT2D eigenvalue weighted by molar-refractivity contribution is 5.89. The Balaban J connectivity index is 2.18. The van der Waals surface area contributed by atoms with Crippen molar-refractivity contribution in [3.8, 4) is 0 Å². The maximum Gasteiger partial charge on any atom is 0.356 e. The Labute approximate surface area is 110 Å². The number of methoxy groups -OCH3 is 1. The normalized spacial score (nSPS) is 18.6. The van der Waals surface area contributed by atoms with Crippen molar-refractivity contribution in [1.29, 1.82) is 0 Å². The summed E-state index contributed by atoms with van der Waals surface area (Å²) in [4.78, 5) is 27.1. The summed E-state index contributed by atoms with van der Waals surface area (Å²) in [6, 6.07) is 2.66. The molecule has 1 atom stereocenters. The number of aromatic nitrogens is 1. The molecule has 2 heterocycles. The van der Waals surface area contributed by atoms with Crippen LogP contribution in [0.1, 0.15) is 23.3 Å². The van der Waals surface area contributed by atoms with Crippen LogP contribution in [-0.2, 0) is 9.53 Å². The van der Waals surface area contributed by atoms with Crippen molar-refractivity contribution in [3.05, 3.63) is 17.8 Å². The Morgan fingerprint density at radius 2 is 2.37 bits per heavy atom. The van der Waals surface area contributed by atoms with E-state index in [1.54, 1.807) is 6.07 Å². The average molecular weight is 264 g/mol. The SMILES string of the molecule is COC(=O)c1ccc(N)c(NC2CCCNC2=O)n1. The third-order valence-corrected chi connectivity index (χ3v) is 2.92. The summed E-state index contributed by atoms with van der Waals surface area (Å²) in [5, 5.41) is 5.72. The number of piperidine rings is 1. The number of hydrogen-bond donors (Lipinski definition) is 3. The van der Waals surface area contributed by atoms with Crippen LogP contribution in [0, 0.1) is 0 Å². The van der Waals surface area contributed by atoms with Gasteiger partial charge in [-0.25, -0.2) is 9.78 Å². The number of carbonyl (C=O) groups excluding carboxylic acids is 2. The molecule has 7 heteroatoms. The second kappa shape index (κ2) is 5.55. The highest BCUT2D eigenvalue weighted by Gasteiger charge is 2.23. The maximum absolute atomic E-state index is 11.7. The van der Waals surface area contributed by atoms with E-state index in [9.17, 15) is 9.59 Å². The molecule has 1 aromatic rings. The third kappa shape index (κ3) is 2.93. The van der Waals surface area contributed by atoms with Crippen LogP contribution in [0.15, 0.2) is 12.1 Å². The topological polar surface area (TPSA) is 106 Å². The van der Waals surface area contributed by atoms with E-state index < -0.39 is 5.97 Å². The zero-order valence-electron chi connectivity index (χ0n) is 10.6. The van der Waals surface area contributed by atoms with Crippen molar-refractivity contribution in [1.82, 2.24) is 10.3 Å². The summed E-state index contributed by atoms with van der Waals surface area (Å²) in [7, 11) is 1.28. The van der Waals surface area contributed by atoms with Gasteiger partial charge in [0.25, 0.3) is 0 Å². The number of nitrogen functional groups attached to an aromatic ring is 1. The van der Waals surface area contributed by atoms with E-state index in [-0.39, 0.29) is 17.6 Å². The monoisotopic (exact) mass is 264 g/mol. The first kappa shape index (κ1) is 13.1. The van der Waals surface area contributed by atoms with Gasteiger partial charge < -0.3 is 21.1 Å². The van der Waals surface area contributed by atoms with Crippen LogP contribution < -0.4 is 16.4 Å². The van der Waals surface area contributed by atoms with E-state index in [1.807, 2.05) is 0 Å². The van der Waals surface area contributed by atoms with Gasteiger partial charge in [-0.2, -0.15) is 0 Å². The average Bonchev–Trinajstić information content (AvgIpc) is 2.42. The third-order valence-electron chi connectivity index (χ3n) is 2.92. The molecule has 0 aliphatic carbocycles. The Morgan fingerprint density at radius 3 is 3.05 bits per heavy atom. The molecule has 2 rings (SSSR count). The van der Waals surface area contributed by atoms with Crippen LogP contribution in [-0.4, -0.2) is 36.6 Å². The molecule has 1 unspecified atom stereocenters. The molecule has 1 saturated heterocycles. The van der Waals surface area contributed by atoms with E-state index in [0.717, 1.165) is 6.42 Å². The van der Waals surface area contributed by atoms with Gasteiger partial charge in [0.05, 0.1) is 12.8 Å². The molecule has 0 bridgehead atoms. The van der Waals surface area contributed by atoms with Gasteiger partial charge in [-0.05, 0) is 25.0 Å². The number of carbonyl (C=O) groups is 2. The highest BCUT2D eigenvalue weighted by Crippen LogP contribution is 2.19. The number of rotatable bonds is 3. The Hall–Kier alpha value is -2.31. The van der Waals surface area contributed by atoms with Gasteiger partial charge in [-0.3, -0.25) is 4.79 Å². The zero-order valence-corrected chi connectivity index (χ0v) is 10.6. The predicted octanol–water partition coefficient (Wildman–Crippen LogP) is 0.141. The first-order valence-corrected chi connectivity index (χ1v) is 6.01. The van der Waals surface area contributed by atoms with Crippen molar-refractivity contribution in [2.24, 2.45) is 0 Å². The molecule has 1 aromatic heterocycles. The molecule has 7 nitrogen and oxygen atoms in total. The fraction of sp³-hybridized carbons (Fsp3) is 0.417. The van der Waals surface area contributed by atoms with Crippen LogP contribution >= 0.6 is 0 Å². The van der Waals surface area contributed by atoms with E-state index >= 15 is 0 Å². The van der Waals surface area contributed by atoms with E-state index in [4.69, 9.17) is 5.73 Å². The van der Waals surface area contributed by atoms with E-state index in [1.165, 1.54) is 13.2 Å². The molecule has 0 spiro atoms.